The van der Waals surface area contributed by atoms with E-state index in [2.05, 4.69) is 0 Å². The second-order valence-corrected chi connectivity index (χ2v) is 1.03. The molecule has 0 aromatic rings. The molecule has 0 fully saturated rings. The van der Waals surface area contributed by atoms with Crippen molar-refractivity contribution in [2.24, 2.45) is 0 Å². The fraction of sp³-hybridized carbons (Fsp3) is 0.250. The SMILES string of the molecule is FC1=CC[CH]1. The van der Waals surface area contributed by atoms with Crippen molar-refractivity contribution < 1.29 is 4.39 Å². The average molecular weight is 71.1 g/mol. The lowest BCUT2D eigenvalue weighted by atomic mass is 10.1. The van der Waals surface area contributed by atoms with Crippen LogP contribution in [0.4, 0.5) is 4.39 Å². The highest BCUT2D eigenvalue weighted by molar-refractivity contribution is 5.17. The lowest BCUT2D eigenvalue weighted by molar-refractivity contribution is 0.612. The van der Waals surface area contributed by atoms with E-state index in [9.17, 15) is 4.39 Å². The number of hydrogen-bond acceptors (Lipinski definition) is 0. The maximum atomic E-state index is 11.3. The van der Waals surface area contributed by atoms with E-state index in [1.807, 2.05) is 0 Å². The molecule has 1 rings (SSSR count). The average Bonchev–Trinajstić information content (AvgIpc) is 1.30. The molecule has 0 atom stereocenters. The van der Waals surface area contributed by atoms with E-state index in [1.165, 1.54) is 0 Å². The van der Waals surface area contributed by atoms with Gasteiger partial charge in [-0.25, -0.2) is 4.39 Å². The van der Waals surface area contributed by atoms with Gasteiger partial charge in [0.15, 0.2) is 0 Å². The van der Waals surface area contributed by atoms with Crippen molar-refractivity contribution in [3.63, 3.8) is 0 Å². The summed E-state index contributed by atoms with van der Waals surface area (Å²) in [6.45, 7) is 0. The van der Waals surface area contributed by atoms with Crippen LogP contribution in [-0.2, 0) is 0 Å². The molecule has 5 heavy (non-hydrogen) atoms. The van der Waals surface area contributed by atoms with E-state index in [-0.39, 0.29) is 5.83 Å². The molecular formula is C4H4F. The zero-order valence-electron chi connectivity index (χ0n) is 2.74. The number of halogens is 1. The predicted octanol–water partition coefficient (Wildman–Crippen LogP) is 1.45. The maximum absolute atomic E-state index is 11.3. The molecule has 0 aromatic heterocycles. The van der Waals surface area contributed by atoms with Crippen LogP contribution in [0.5, 0.6) is 0 Å². The van der Waals surface area contributed by atoms with Gasteiger partial charge in [-0.05, 0) is 6.42 Å². The highest BCUT2D eigenvalue weighted by Gasteiger charge is 2.00. The molecule has 0 bridgehead atoms. The van der Waals surface area contributed by atoms with Crippen molar-refractivity contribution in [1.29, 1.82) is 0 Å². The van der Waals surface area contributed by atoms with Gasteiger partial charge in [0.2, 0.25) is 0 Å². The molecule has 0 aliphatic heterocycles. The summed E-state index contributed by atoms with van der Waals surface area (Å²) in [5.74, 6) is -0.0648. The van der Waals surface area contributed by atoms with Crippen LogP contribution in [0.1, 0.15) is 6.42 Å². The summed E-state index contributed by atoms with van der Waals surface area (Å²) in [5, 5.41) is 0. The van der Waals surface area contributed by atoms with Gasteiger partial charge >= 0.3 is 0 Å². The third-order valence-corrected chi connectivity index (χ3v) is 0.626. The molecule has 1 aliphatic carbocycles. The standard InChI is InChI=1S/C4H4F/c5-4-2-1-3-4/h2-3H,1H2. The Labute approximate surface area is 30.3 Å². The number of hydrogen-bond donors (Lipinski definition) is 0. The van der Waals surface area contributed by atoms with Crippen molar-refractivity contribution >= 4 is 0 Å². The summed E-state index contributed by atoms with van der Waals surface area (Å²) in [4.78, 5) is 0. The Hall–Kier alpha value is -0.330. The Balaban J connectivity index is 2.51. The van der Waals surface area contributed by atoms with Gasteiger partial charge < -0.3 is 0 Å². The zero-order valence-corrected chi connectivity index (χ0v) is 2.74. The van der Waals surface area contributed by atoms with Crippen LogP contribution in [0.3, 0.4) is 0 Å². The minimum absolute atomic E-state index is 0.0648. The molecule has 0 unspecified atom stereocenters. The molecule has 0 spiro atoms. The topological polar surface area (TPSA) is 0 Å². The molecule has 0 aromatic carbocycles. The van der Waals surface area contributed by atoms with E-state index < -0.39 is 0 Å². The molecule has 0 saturated carbocycles. The first kappa shape index (κ1) is 2.88. The Bertz CT molecular complexity index is 64.0. The predicted molar refractivity (Wildman–Crippen MR) is 18.1 cm³/mol. The Kier molecular flexibility index (Phi) is 0.469. The highest BCUT2D eigenvalue weighted by atomic mass is 19.1. The van der Waals surface area contributed by atoms with Gasteiger partial charge in [-0.3, -0.25) is 0 Å². The normalized spacial score (nSPS) is 20.6. The molecule has 0 N–H and O–H groups in total. The Morgan fingerprint density at radius 2 is 2.20 bits per heavy atom. The van der Waals surface area contributed by atoms with Crippen LogP contribution in [0.15, 0.2) is 11.9 Å². The van der Waals surface area contributed by atoms with Crippen LogP contribution >= 0.6 is 0 Å². The fourth-order valence-corrected chi connectivity index (χ4v) is 0.207. The van der Waals surface area contributed by atoms with Gasteiger partial charge in [0.1, 0.15) is 5.83 Å². The Morgan fingerprint density at radius 1 is 1.80 bits per heavy atom. The number of rotatable bonds is 0. The smallest absolute Gasteiger partial charge is 0.100 e. The highest BCUT2D eigenvalue weighted by Crippen LogP contribution is 2.15. The first-order valence-electron chi connectivity index (χ1n) is 1.58. The summed E-state index contributed by atoms with van der Waals surface area (Å²) >= 11 is 0. The molecule has 1 radical (unpaired) electrons. The molecule has 0 nitrogen and oxygen atoms in total. The summed E-state index contributed by atoms with van der Waals surface area (Å²) in [5.41, 5.74) is 0. The van der Waals surface area contributed by atoms with Gasteiger partial charge in [-0.2, -0.15) is 0 Å². The second-order valence-electron chi connectivity index (χ2n) is 1.03. The van der Waals surface area contributed by atoms with Gasteiger partial charge in [0, 0.05) is 6.42 Å². The van der Waals surface area contributed by atoms with Crippen molar-refractivity contribution in [1.82, 2.24) is 0 Å². The number of allylic oxidation sites excluding steroid dienone is 2. The third kappa shape index (κ3) is 0.318. The summed E-state index contributed by atoms with van der Waals surface area (Å²) < 4.78 is 11.3. The molecule has 0 amide bonds. The Morgan fingerprint density at radius 3 is 2.20 bits per heavy atom. The van der Waals surface area contributed by atoms with Gasteiger partial charge in [0.25, 0.3) is 0 Å². The van der Waals surface area contributed by atoms with Gasteiger partial charge in [0.05, 0.1) is 0 Å². The monoisotopic (exact) mass is 71.0 g/mol. The molecule has 1 aliphatic rings. The van der Waals surface area contributed by atoms with E-state index in [0.717, 1.165) is 6.42 Å². The molecule has 27 valence electrons. The van der Waals surface area contributed by atoms with Crippen molar-refractivity contribution in [2.75, 3.05) is 0 Å². The minimum Gasteiger partial charge on any atom is -0.212 e. The quantitative estimate of drug-likeness (QED) is 0.405. The van der Waals surface area contributed by atoms with E-state index >= 15 is 0 Å². The molecule has 0 saturated heterocycles. The summed E-state index contributed by atoms with van der Waals surface area (Å²) in [6.07, 6.45) is 3.91. The van der Waals surface area contributed by atoms with E-state index in [4.69, 9.17) is 0 Å². The van der Waals surface area contributed by atoms with Gasteiger partial charge in [-0.15, -0.1) is 0 Å². The fourth-order valence-electron chi connectivity index (χ4n) is 0.207. The van der Waals surface area contributed by atoms with Gasteiger partial charge in [-0.1, -0.05) is 6.08 Å². The lowest BCUT2D eigenvalue weighted by Crippen LogP contribution is -1.84. The maximum Gasteiger partial charge on any atom is 0.100 e. The largest absolute Gasteiger partial charge is 0.212 e. The first-order valence-corrected chi connectivity index (χ1v) is 1.58. The van der Waals surface area contributed by atoms with E-state index in [1.54, 1.807) is 12.5 Å². The molecule has 1 heteroatoms. The van der Waals surface area contributed by atoms with Crippen LogP contribution < -0.4 is 0 Å². The van der Waals surface area contributed by atoms with Crippen molar-refractivity contribution in [3.05, 3.63) is 18.3 Å². The van der Waals surface area contributed by atoms with Crippen LogP contribution in [0.2, 0.25) is 0 Å². The zero-order chi connectivity index (χ0) is 3.70. The van der Waals surface area contributed by atoms with Crippen LogP contribution in [-0.4, -0.2) is 0 Å². The minimum atomic E-state index is -0.0648. The molecule has 0 heterocycles. The summed E-state index contributed by atoms with van der Waals surface area (Å²) in [7, 11) is 0. The lowest BCUT2D eigenvalue weighted by Gasteiger charge is -1.99. The van der Waals surface area contributed by atoms with Crippen molar-refractivity contribution in [2.45, 2.75) is 6.42 Å². The first-order chi connectivity index (χ1) is 2.39. The van der Waals surface area contributed by atoms with Crippen LogP contribution in [0.25, 0.3) is 0 Å². The third-order valence-electron chi connectivity index (χ3n) is 0.626. The van der Waals surface area contributed by atoms with Crippen LogP contribution in [0, 0.1) is 6.42 Å². The van der Waals surface area contributed by atoms with Crippen molar-refractivity contribution in [3.8, 4) is 0 Å². The van der Waals surface area contributed by atoms with E-state index in [0.29, 0.717) is 0 Å². The molecular weight excluding hydrogens is 67.0 g/mol. The summed E-state index contributed by atoms with van der Waals surface area (Å²) in [6, 6.07) is 0. The second kappa shape index (κ2) is 0.814.